The number of rotatable bonds is 8. The highest BCUT2D eigenvalue weighted by atomic mass is 32.2. The van der Waals surface area contributed by atoms with Crippen LogP contribution in [0.3, 0.4) is 0 Å². The number of amides is 1. The first kappa shape index (κ1) is 28.4. The summed E-state index contributed by atoms with van der Waals surface area (Å²) < 4.78 is 26.4. The van der Waals surface area contributed by atoms with E-state index in [1.54, 1.807) is 12.1 Å². The summed E-state index contributed by atoms with van der Waals surface area (Å²) in [5.41, 5.74) is 1.06. The molecule has 0 spiro atoms. The van der Waals surface area contributed by atoms with Crippen LogP contribution >= 0.6 is 23.1 Å². The van der Waals surface area contributed by atoms with Crippen LogP contribution in [0, 0.1) is 5.82 Å². The molecule has 216 valence electrons. The number of aliphatic hydroxyl groups is 1. The molecule has 0 saturated carbocycles. The molecule has 0 radical (unpaired) electrons. The summed E-state index contributed by atoms with van der Waals surface area (Å²) in [6.07, 6.45) is 0. The Bertz CT molecular complexity index is 1900. The van der Waals surface area contributed by atoms with Gasteiger partial charge in [0.05, 0.1) is 19.8 Å². The van der Waals surface area contributed by atoms with E-state index in [2.05, 4.69) is 16.3 Å². The second-order valence-electron chi connectivity index (χ2n) is 9.54. The summed E-state index contributed by atoms with van der Waals surface area (Å²) in [5.74, 6) is -1.73. The zero-order valence-corrected chi connectivity index (χ0v) is 24.6. The summed E-state index contributed by atoms with van der Waals surface area (Å²) in [6, 6.07) is 23.3. The van der Waals surface area contributed by atoms with E-state index in [9.17, 15) is 14.7 Å². The molecule has 6 rings (SSSR count). The first-order valence-corrected chi connectivity index (χ1v) is 14.9. The number of carbonyl (C=O) groups is 2. The van der Waals surface area contributed by atoms with Crippen LogP contribution in [0.2, 0.25) is 0 Å². The Morgan fingerprint density at radius 3 is 2.49 bits per heavy atom. The molecule has 0 aliphatic carbocycles. The third-order valence-corrected chi connectivity index (χ3v) is 9.24. The van der Waals surface area contributed by atoms with Gasteiger partial charge < -0.3 is 14.6 Å². The number of aliphatic hydroxyl groups excluding tert-OH is 1. The number of ketones is 1. The highest BCUT2D eigenvalue weighted by Crippen LogP contribution is 2.45. The van der Waals surface area contributed by atoms with Crippen molar-refractivity contribution in [3.63, 3.8) is 0 Å². The first-order valence-electron chi connectivity index (χ1n) is 13.1. The van der Waals surface area contributed by atoms with Crippen molar-refractivity contribution in [2.75, 3.05) is 19.1 Å². The minimum atomic E-state index is -1.28. The highest BCUT2D eigenvalue weighted by molar-refractivity contribution is 8.00. The number of ether oxygens (including phenoxy) is 2. The number of hydrogen-bond donors (Lipinski definition) is 1. The zero-order chi connectivity index (χ0) is 30.1. The Labute approximate surface area is 254 Å². The minimum absolute atomic E-state index is 0.0314. The molecule has 1 fully saturated rings. The molecule has 0 bridgehead atoms. The lowest BCUT2D eigenvalue weighted by atomic mass is 9.95. The standard InChI is InChI=1S/C32H24FN3O5S2/c1-40-24-15-14-19(16-25(24)41-2)28(37)26-27(22-12-5-6-13-23(22)33)36(30(39)29(26)38)31-34-35-32(43-31)42-17-20-10-7-9-18-8-3-4-11-21(18)20/h3-16,27,37H,17H2,1-2H3. The number of Topliss-reactive ketones (excluding diaryl/α,β-unsaturated/α-hetero) is 1. The minimum Gasteiger partial charge on any atom is -0.507 e. The van der Waals surface area contributed by atoms with Crippen LogP contribution in [0.15, 0.2) is 94.8 Å². The van der Waals surface area contributed by atoms with E-state index in [-0.39, 0.29) is 21.8 Å². The maximum atomic E-state index is 15.3. The lowest BCUT2D eigenvalue weighted by Gasteiger charge is -2.23. The summed E-state index contributed by atoms with van der Waals surface area (Å²) in [5, 5.41) is 22.2. The number of thioether (sulfide) groups is 1. The van der Waals surface area contributed by atoms with Gasteiger partial charge in [0.25, 0.3) is 5.78 Å². The fourth-order valence-corrected chi connectivity index (χ4v) is 6.95. The van der Waals surface area contributed by atoms with Crippen molar-refractivity contribution < 1.29 is 28.6 Å². The summed E-state index contributed by atoms with van der Waals surface area (Å²) in [7, 11) is 2.91. The smallest absolute Gasteiger partial charge is 0.301 e. The molecular formula is C32H24FN3O5S2. The van der Waals surface area contributed by atoms with Crippen LogP contribution < -0.4 is 14.4 Å². The number of hydrogen-bond acceptors (Lipinski definition) is 9. The number of carbonyl (C=O) groups excluding carboxylic acids is 2. The number of fused-ring (bicyclic) bond motifs is 1. The fourth-order valence-electron chi connectivity index (χ4n) is 5.08. The van der Waals surface area contributed by atoms with Crippen LogP contribution in [0.4, 0.5) is 9.52 Å². The van der Waals surface area contributed by atoms with Gasteiger partial charge in [-0.3, -0.25) is 14.5 Å². The van der Waals surface area contributed by atoms with Gasteiger partial charge in [0.2, 0.25) is 5.13 Å². The first-order chi connectivity index (χ1) is 20.9. The predicted molar refractivity (Wildman–Crippen MR) is 164 cm³/mol. The number of halogens is 1. The number of benzene rings is 4. The van der Waals surface area contributed by atoms with E-state index in [4.69, 9.17) is 9.47 Å². The van der Waals surface area contributed by atoms with Crippen molar-refractivity contribution in [1.82, 2.24) is 10.2 Å². The molecule has 1 atom stereocenters. The van der Waals surface area contributed by atoms with E-state index in [0.717, 1.165) is 32.6 Å². The Hall–Kier alpha value is -4.74. The molecule has 1 saturated heterocycles. The largest absolute Gasteiger partial charge is 0.507 e. The number of anilines is 1. The van der Waals surface area contributed by atoms with E-state index in [0.29, 0.717) is 21.6 Å². The Balaban J connectivity index is 1.39. The van der Waals surface area contributed by atoms with Crippen molar-refractivity contribution in [3.8, 4) is 11.5 Å². The summed E-state index contributed by atoms with van der Waals surface area (Å²) in [6.45, 7) is 0. The maximum absolute atomic E-state index is 15.3. The van der Waals surface area contributed by atoms with E-state index in [1.165, 1.54) is 56.3 Å². The molecule has 1 N–H and O–H groups in total. The molecule has 1 aromatic heterocycles. The number of aromatic nitrogens is 2. The molecule has 43 heavy (non-hydrogen) atoms. The second kappa shape index (κ2) is 11.9. The molecule has 4 aromatic carbocycles. The summed E-state index contributed by atoms with van der Waals surface area (Å²) >= 11 is 2.56. The van der Waals surface area contributed by atoms with Gasteiger partial charge in [-0.15, -0.1) is 10.2 Å². The Morgan fingerprint density at radius 2 is 1.70 bits per heavy atom. The fraction of sp³-hybridized carbons (Fsp3) is 0.125. The van der Waals surface area contributed by atoms with Crippen LogP contribution in [0.25, 0.3) is 16.5 Å². The van der Waals surface area contributed by atoms with Crippen LogP contribution in [-0.2, 0) is 15.3 Å². The van der Waals surface area contributed by atoms with E-state index < -0.39 is 29.3 Å². The number of nitrogens with zero attached hydrogens (tertiary/aromatic N) is 3. The Morgan fingerprint density at radius 1 is 0.953 bits per heavy atom. The van der Waals surface area contributed by atoms with Gasteiger partial charge in [-0.25, -0.2) is 4.39 Å². The normalized spacial score (nSPS) is 16.2. The summed E-state index contributed by atoms with van der Waals surface area (Å²) in [4.78, 5) is 28.1. The van der Waals surface area contributed by atoms with Crippen LogP contribution in [-0.4, -0.2) is 41.2 Å². The van der Waals surface area contributed by atoms with Gasteiger partial charge in [-0.2, -0.15) is 0 Å². The van der Waals surface area contributed by atoms with Gasteiger partial charge in [0.15, 0.2) is 15.8 Å². The SMILES string of the molecule is COc1ccc(C(O)=C2C(=O)C(=O)N(c3nnc(SCc4cccc5ccccc45)s3)C2c2ccccc2F)cc1OC. The van der Waals surface area contributed by atoms with Gasteiger partial charge in [-0.05, 0) is 40.6 Å². The average Bonchev–Trinajstić information content (AvgIpc) is 3.61. The monoisotopic (exact) mass is 613 g/mol. The lowest BCUT2D eigenvalue weighted by molar-refractivity contribution is -0.132. The van der Waals surface area contributed by atoms with Crippen molar-refractivity contribution in [2.24, 2.45) is 0 Å². The van der Waals surface area contributed by atoms with Crippen LogP contribution in [0.1, 0.15) is 22.7 Å². The molecule has 1 aliphatic heterocycles. The molecule has 1 unspecified atom stereocenters. The van der Waals surface area contributed by atoms with Gasteiger partial charge >= 0.3 is 5.91 Å². The van der Waals surface area contributed by atoms with Crippen LogP contribution in [0.5, 0.6) is 11.5 Å². The molecule has 1 aliphatic rings. The van der Waals surface area contributed by atoms with Crippen molar-refractivity contribution >= 4 is 56.5 Å². The molecule has 1 amide bonds. The van der Waals surface area contributed by atoms with Crippen molar-refractivity contribution in [1.29, 1.82) is 0 Å². The predicted octanol–water partition coefficient (Wildman–Crippen LogP) is 6.77. The van der Waals surface area contributed by atoms with Crippen molar-refractivity contribution in [3.05, 3.63) is 113 Å². The number of methoxy groups -OCH3 is 2. The maximum Gasteiger partial charge on any atom is 0.301 e. The molecule has 5 aromatic rings. The van der Waals surface area contributed by atoms with Gasteiger partial charge in [0.1, 0.15) is 17.6 Å². The quantitative estimate of drug-likeness (QED) is 0.0673. The van der Waals surface area contributed by atoms with Gasteiger partial charge in [0, 0.05) is 16.9 Å². The molecular weight excluding hydrogens is 590 g/mol. The second-order valence-corrected chi connectivity index (χ2v) is 11.7. The average molecular weight is 614 g/mol. The van der Waals surface area contributed by atoms with Gasteiger partial charge in [-0.1, -0.05) is 83.8 Å². The topological polar surface area (TPSA) is 102 Å². The third kappa shape index (κ3) is 5.21. The molecule has 8 nitrogen and oxygen atoms in total. The molecule has 2 heterocycles. The third-order valence-electron chi connectivity index (χ3n) is 7.13. The lowest BCUT2D eigenvalue weighted by Crippen LogP contribution is -2.29. The zero-order valence-electron chi connectivity index (χ0n) is 23.0. The molecule has 11 heteroatoms. The highest BCUT2D eigenvalue weighted by Gasteiger charge is 2.49. The van der Waals surface area contributed by atoms with E-state index >= 15 is 4.39 Å². The van der Waals surface area contributed by atoms with E-state index in [1.807, 2.05) is 36.4 Å². The Kier molecular flexibility index (Phi) is 7.83. The van der Waals surface area contributed by atoms with Crippen molar-refractivity contribution in [2.45, 2.75) is 16.1 Å².